The molecule has 0 aromatic heterocycles. The van der Waals surface area contributed by atoms with Crippen LogP contribution < -0.4 is 0 Å². The van der Waals surface area contributed by atoms with Crippen molar-refractivity contribution in [1.82, 2.24) is 0 Å². The van der Waals surface area contributed by atoms with Gasteiger partial charge in [-0.25, -0.2) is 0 Å². The summed E-state index contributed by atoms with van der Waals surface area (Å²) < 4.78 is 38.1. The Morgan fingerprint density at radius 1 is 0.880 bits per heavy atom. The van der Waals surface area contributed by atoms with Crippen molar-refractivity contribution in [3.8, 4) is 23.3 Å². The summed E-state index contributed by atoms with van der Waals surface area (Å²) in [5.74, 6) is 0. The monoisotopic (exact) mass is 336 g/mol. The van der Waals surface area contributed by atoms with E-state index < -0.39 is 12.6 Å². The molecule has 2 nitrogen and oxygen atoms in total. The second-order valence-corrected chi connectivity index (χ2v) is 5.61. The molecule has 3 rings (SSSR count). The Balaban J connectivity index is 2.30. The highest BCUT2D eigenvalue weighted by Crippen LogP contribution is 2.35. The quantitative estimate of drug-likeness (QED) is 0.633. The molecule has 3 aromatic rings. The Morgan fingerprint density at radius 2 is 1.64 bits per heavy atom. The van der Waals surface area contributed by atoms with E-state index in [0.29, 0.717) is 11.1 Å². The Kier molecular flexibility index (Phi) is 4.17. The van der Waals surface area contributed by atoms with Gasteiger partial charge in [-0.1, -0.05) is 48.5 Å². The first-order valence-electron chi connectivity index (χ1n) is 7.45. The number of nitrogens with zero attached hydrogens (tertiary/aromatic N) is 2. The SMILES string of the molecule is N#Cc1cc2ccccc2c(-c2cccc(CC(F)(F)F)c2)c1C#N. The van der Waals surface area contributed by atoms with Gasteiger partial charge < -0.3 is 0 Å². The lowest BCUT2D eigenvalue weighted by molar-refractivity contribution is -0.127. The molecule has 0 saturated heterocycles. The number of nitriles is 2. The first-order chi connectivity index (χ1) is 11.9. The van der Waals surface area contributed by atoms with E-state index in [1.165, 1.54) is 18.2 Å². The van der Waals surface area contributed by atoms with Gasteiger partial charge in [0.1, 0.15) is 12.1 Å². The van der Waals surface area contributed by atoms with E-state index >= 15 is 0 Å². The molecule has 0 bridgehead atoms. The van der Waals surface area contributed by atoms with Crippen LogP contribution in [0.5, 0.6) is 0 Å². The average molecular weight is 336 g/mol. The van der Waals surface area contributed by atoms with Crippen molar-refractivity contribution in [3.05, 3.63) is 71.3 Å². The molecule has 0 amide bonds. The zero-order valence-electron chi connectivity index (χ0n) is 12.9. The lowest BCUT2D eigenvalue weighted by Crippen LogP contribution is -2.11. The van der Waals surface area contributed by atoms with Gasteiger partial charge >= 0.3 is 6.18 Å². The summed E-state index contributed by atoms with van der Waals surface area (Å²) in [6.07, 6.45) is -5.36. The fourth-order valence-corrected chi connectivity index (χ4v) is 2.92. The predicted molar refractivity (Wildman–Crippen MR) is 88.6 cm³/mol. The summed E-state index contributed by atoms with van der Waals surface area (Å²) in [5.41, 5.74) is 1.47. The number of alkyl halides is 3. The molecule has 0 saturated carbocycles. The van der Waals surface area contributed by atoms with E-state index in [4.69, 9.17) is 0 Å². The molecule has 3 aromatic carbocycles. The highest BCUT2D eigenvalue weighted by molar-refractivity contribution is 6.01. The van der Waals surface area contributed by atoms with Crippen LogP contribution in [0.1, 0.15) is 16.7 Å². The van der Waals surface area contributed by atoms with Gasteiger partial charge in [0.2, 0.25) is 0 Å². The van der Waals surface area contributed by atoms with Crippen LogP contribution >= 0.6 is 0 Å². The zero-order chi connectivity index (χ0) is 18.0. The summed E-state index contributed by atoms with van der Waals surface area (Å²) in [4.78, 5) is 0. The van der Waals surface area contributed by atoms with Crippen LogP contribution in [0, 0.1) is 22.7 Å². The number of fused-ring (bicyclic) bond motifs is 1. The second-order valence-electron chi connectivity index (χ2n) is 5.61. The molecule has 5 heteroatoms. The van der Waals surface area contributed by atoms with E-state index in [1.807, 2.05) is 12.1 Å². The van der Waals surface area contributed by atoms with Crippen molar-refractivity contribution in [3.63, 3.8) is 0 Å². The fraction of sp³-hybridized carbons (Fsp3) is 0.100. The molecule has 0 spiro atoms. The van der Waals surface area contributed by atoms with Crippen molar-refractivity contribution in [1.29, 1.82) is 10.5 Å². The number of hydrogen-bond donors (Lipinski definition) is 0. The molecule has 25 heavy (non-hydrogen) atoms. The van der Waals surface area contributed by atoms with Gasteiger partial charge in [-0.15, -0.1) is 0 Å². The molecular formula is C20H11F3N2. The third-order valence-electron chi connectivity index (χ3n) is 3.90. The van der Waals surface area contributed by atoms with Crippen LogP contribution in [-0.4, -0.2) is 6.18 Å². The molecule has 0 aliphatic rings. The molecule has 0 aliphatic heterocycles. The molecule has 122 valence electrons. The van der Waals surface area contributed by atoms with Crippen molar-refractivity contribution in [2.75, 3.05) is 0 Å². The Labute approximate surface area is 142 Å². The lowest BCUT2D eigenvalue weighted by atomic mass is 9.89. The van der Waals surface area contributed by atoms with Crippen molar-refractivity contribution < 1.29 is 13.2 Å². The minimum absolute atomic E-state index is 0.111. The summed E-state index contributed by atoms with van der Waals surface area (Å²) >= 11 is 0. The summed E-state index contributed by atoms with van der Waals surface area (Å²) in [6, 6.07) is 18.9. The van der Waals surface area contributed by atoms with Crippen molar-refractivity contribution >= 4 is 10.8 Å². The van der Waals surface area contributed by atoms with E-state index in [9.17, 15) is 23.7 Å². The van der Waals surface area contributed by atoms with Crippen molar-refractivity contribution in [2.45, 2.75) is 12.6 Å². The predicted octanol–water partition coefficient (Wildman–Crippen LogP) is 5.35. The van der Waals surface area contributed by atoms with Crippen LogP contribution in [-0.2, 0) is 6.42 Å². The number of benzene rings is 3. The van der Waals surface area contributed by atoms with E-state index in [0.717, 1.165) is 10.8 Å². The first kappa shape index (κ1) is 16.5. The summed E-state index contributed by atoms with van der Waals surface area (Å²) in [6.45, 7) is 0. The van der Waals surface area contributed by atoms with Crippen LogP contribution in [0.4, 0.5) is 13.2 Å². The van der Waals surface area contributed by atoms with Gasteiger partial charge in [-0.05, 0) is 28.0 Å². The van der Waals surface area contributed by atoms with Crippen LogP contribution in [0.25, 0.3) is 21.9 Å². The van der Waals surface area contributed by atoms with Crippen molar-refractivity contribution in [2.24, 2.45) is 0 Å². The van der Waals surface area contributed by atoms with E-state index in [-0.39, 0.29) is 16.7 Å². The van der Waals surface area contributed by atoms with Crippen LogP contribution in [0.15, 0.2) is 54.6 Å². The second kappa shape index (κ2) is 6.30. The first-order valence-corrected chi connectivity index (χ1v) is 7.45. The minimum atomic E-state index is -4.31. The topological polar surface area (TPSA) is 47.6 Å². The Morgan fingerprint density at radius 3 is 2.32 bits per heavy atom. The van der Waals surface area contributed by atoms with Crippen LogP contribution in [0.3, 0.4) is 0 Å². The van der Waals surface area contributed by atoms with Crippen LogP contribution in [0.2, 0.25) is 0 Å². The maximum atomic E-state index is 12.7. The average Bonchev–Trinajstić information content (AvgIpc) is 2.58. The largest absolute Gasteiger partial charge is 0.393 e. The van der Waals surface area contributed by atoms with E-state index in [2.05, 4.69) is 0 Å². The summed E-state index contributed by atoms with van der Waals surface area (Å²) in [7, 11) is 0. The molecule has 0 N–H and O–H groups in total. The summed E-state index contributed by atoms with van der Waals surface area (Å²) in [5, 5.41) is 20.3. The van der Waals surface area contributed by atoms with Gasteiger partial charge in [-0.3, -0.25) is 0 Å². The normalized spacial score (nSPS) is 11.1. The number of hydrogen-bond acceptors (Lipinski definition) is 2. The molecule has 0 heterocycles. The third-order valence-corrected chi connectivity index (χ3v) is 3.90. The maximum absolute atomic E-state index is 12.7. The molecule has 0 radical (unpaired) electrons. The lowest BCUT2D eigenvalue weighted by Gasteiger charge is -2.13. The smallest absolute Gasteiger partial charge is 0.192 e. The maximum Gasteiger partial charge on any atom is 0.393 e. The van der Waals surface area contributed by atoms with Gasteiger partial charge in [0.05, 0.1) is 17.5 Å². The Hall–Kier alpha value is -3.31. The zero-order valence-corrected chi connectivity index (χ0v) is 12.9. The standard InChI is InChI=1S/C20H11F3N2/c21-20(22,23)10-13-4-3-6-15(8-13)19-17-7-2-1-5-14(17)9-16(11-24)18(19)12-25/h1-9H,10H2. The van der Waals surface area contributed by atoms with Gasteiger partial charge in [0, 0.05) is 5.56 Å². The fourth-order valence-electron chi connectivity index (χ4n) is 2.92. The van der Waals surface area contributed by atoms with Gasteiger partial charge in [0.25, 0.3) is 0 Å². The molecule has 0 atom stereocenters. The van der Waals surface area contributed by atoms with E-state index in [1.54, 1.807) is 36.4 Å². The third kappa shape index (κ3) is 3.32. The highest BCUT2D eigenvalue weighted by atomic mass is 19.4. The minimum Gasteiger partial charge on any atom is -0.192 e. The van der Waals surface area contributed by atoms with Gasteiger partial charge in [0.15, 0.2) is 0 Å². The molecular weight excluding hydrogens is 325 g/mol. The molecule has 0 fully saturated rings. The molecule has 0 unspecified atom stereocenters. The molecule has 0 aliphatic carbocycles. The highest BCUT2D eigenvalue weighted by Gasteiger charge is 2.27. The van der Waals surface area contributed by atoms with Gasteiger partial charge in [-0.2, -0.15) is 23.7 Å². The number of halogens is 3. The number of rotatable bonds is 2. The Bertz CT molecular complexity index is 1040.